The molecule has 2 aromatic rings. The predicted molar refractivity (Wildman–Crippen MR) is 90.4 cm³/mol. The Morgan fingerprint density at radius 3 is 2.84 bits per heavy atom. The maximum absolute atomic E-state index is 13.3. The van der Waals surface area contributed by atoms with Crippen molar-refractivity contribution in [3.05, 3.63) is 52.9 Å². The Bertz CT molecular complexity index is 907. The molecule has 0 bridgehead atoms. The zero-order valence-electron chi connectivity index (χ0n) is 13.9. The highest BCUT2D eigenvalue weighted by molar-refractivity contribution is 7.88. The van der Waals surface area contributed by atoms with Crippen LogP contribution in [-0.2, 0) is 36.1 Å². The van der Waals surface area contributed by atoms with E-state index in [0.717, 1.165) is 44.0 Å². The van der Waals surface area contributed by atoms with Crippen molar-refractivity contribution in [2.24, 2.45) is 0 Å². The van der Waals surface area contributed by atoms with Crippen LogP contribution in [0, 0.1) is 17.1 Å². The summed E-state index contributed by atoms with van der Waals surface area (Å²) in [6.45, 7) is 1.03. The van der Waals surface area contributed by atoms with Gasteiger partial charge in [0.1, 0.15) is 11.6 Å². The molecular weight excluding hydrogens is 343 g/mol. The third-order valence-corrected chi connectivity index (χ3v) is 5.50. The van der Waals surface area contributed by atoms with Crippen molar-refractivity contribution in [3.63, 3.8) is 0 Å². The van der Waals surface area contributed by atoms with E-state index in [1.165, 1.54) is 16.4 Å². The zero-order valence-corrected chi connectivity index (χ0v) is 14.8. The highest BCUT2D eigenvalue weighted by atomic mass is 32.2. The molecule has 3 rings (SSSR count). The first kappa shape index (κ1) is 17.6. The molecule has 1 aliphatic heterocycles. The van der Waals surface area contributed by atoms with E-state index in [4.69, 9.17) is 5.26 Å². The summed E-state index contributed by atoms with van der Waals surface area (Å²) in [4.78, 5) is 4.53. The number of benzene rings is 1. The van der Waals surface area contributed by atoms with Crippen molar-refractivity contribution in [2.75, 3.05) is 6.26 Å². The van der Waals surface area contributed by atoms with E-state index in [9.17, 15) is 12.8 Å². The number of fused-ring (bicyclic) bond motifs is 1. The molecule has 0 fully saturated rings. The number of nitrogens with zero attached hydrogens (tertiary/aromatic N) is 4. The lowest BCUT2D eigenvalue weighted by atomic mass is 10.1. The number of nitriles is 1. The molecule has 0 saturated heterocycles. The molecular formula is C17H19FN4O2S. The molecule has 0 saturated carbocycles. The second-order valence-corrected chi connectivity index (χ2v) is 8.23. The fourth-order valence-electron chi connectivity index (χ4n) is 3.00. The molecule has 0 unspecified atom stereocenters. The van der Waals surface area contributed by atoms with Gasteiger partial charge in [0.05, 0.1) is 30.1 Å². The smallest absolute Gasteiger partial charge is 0.211 e. The summed E-state index contributed by atoms with van der Waals surface area (Å²) in [5.41, 5.74) is 1.29. The molecule has 132 valence electrons. The second-order valence-electron chi connectivity index (χ2n) is 6.24. The number of sulfonamides is 1. The monoisotopic (exact) mass is 362 g/mol. The van der Waals surface area contributed by atoms with E-state index < -0.39 is 15.8 Å². The van der Waals surface area contributed by atoms with Gasteiger partial charge >= 0.3 is 0 Å². The molecule has 2 heterocycles. The summed E-state index contributed by atoms with van der Waals surface area (Å²) in [6, 6.07) is 5.71. The van der Waals surface area contributed by atoms with Crippen LogP contribution in [0.4, 0.5) is 4.39 Å². The van der Waals surface area contributed by atoms with Crippen molar-refractivity contribution in [3.8, 4) is 6.07 Å². The quantitative estimate of drug-likeness (QED) is 0.817. The van der Waals surface area contributed by atoms with Crippen LogP contribution in [0.5, 0.6) is 0 Å². The molecule has 0 radical (unpaired) electrons. The number of aryl methyl sites for hydroxylation is 2. The molecule has 8 heteroatoms. The Kier molecular flexibility index (Phi) is 4.88. The number of halogens is 1. The molecule has 0 aliphatic carbocycles. The van der Waals surface area contributed by atoms with Gasteiger partial charge in [0.25, 0.3) is 0 Å². The van der Waals surface area contributed by atoms with Gasteiger partial charge in [0, 0.05) is 25.7 Å². The minimum Gasteiger partial charge on any atom is -0.335 e. The van der Waals surface area contributed by atoms with Crippen LogP contribution in [0.25, 0.3) is 0 Å². The van der Waals surface area contributed by atoms with E-state index in [0.29, 0.717) is 11.3 Å². The van der Waals surface area contributed by atoms with Crippen molar-refractivity contribution < 1.29 is 12.8 Å². The van der Waals surface area contributed by atoms with Crippen LogP contribution in [0.2, 0.25) is 0 Å². The molecule has 1 aromatic carbocycles. The summed E-state index contributed by atoms with van der Waals surface area (Å²) < 4.78 is 41.0. The number of rotatable bonds is 5. The van der Waals surface area contributed by atoms with Gasteiger partial charge in [-0.2, -0.15) is 9.57 Å². The molecule has 0 N–H and O–H groups in total. The Hall–Kier alpha value is -2.24. The molecule has 6 nitrogen and oxygen atoms in total. The Labute approximate surface area is 146 Å². The van der Waals surface area contributed by atoms with Gasteiger partial charge in [-0.3, -0.25) is 0 Å². The predicted octanol–water partition coefficient (Wildman–Crippen LogP) is 2.19. The van der Waals surface area contributed by atoms with E-state index in [2.05, 4.69) is 9.55 Å². The Morgan fingerprint density at radius 1 is 1.36 bits per heavy atom. The lowest BCUT2D eigenvalue weighted by Crippen LogP contribution is -2.29. The summed E-state index contributed by atoms with van der Waals surface area (Å²) >= 11 is 0. The van der Waals surface area contributed by atoms with Crippen molar-refractivity contribution >= 4 is 10.0 Å². The van der Waals surface area contributed by atoms with Crippen LogP contribution in [0.1, 0.15) is 35.5 Å². The van der Waals surface area contributed by atoms with E-state index in [-0.39, 0.29) is 18.7 Å². The standard InChI is InChI=1S/C17H19FN4O2S/c1-25(23,24)22(10-13-5-6-15(18)8-14(13)9-19)12-16-11-21-7-3-2-4-17(21)20-16/h5-6,8,11H,2-4,7,10,12H2,1H3. The molecule has 1 aromatic heterocycles. The summed E-state index contributed by atoms with van der Waals surface area (Å²) in [7, 11) is -3.52. The van der Waals surface area contributed by atoms with E-state index >= 15 is 0 Å². The van der Waals surface area contributed by atoms with Gasteiger partial charge in [-0.1, -0.05) is 6.07 Å². The van der Waals surface area contributed by atoms with Gasteiger partial charge in [-0.15, -0.1) is 0 Å². The fourth-order valence-corrected chi connectivity index (χ4v) is 3.74. The normalized spacial score (nSPS) is 14.3. The van der Waals surface area contributed by atoms with Gasteiger partial charge in [0.2, 0.25) is 10.0 Å². The first-order chi connectivity index (χ1) is 11.9. The van der Waals surface area contributed by atoms with Crippen molar-refractivity contribution in [1.29, 1.82) is 5.26 Å². The topological polar surface area (TPSA) is 79.0 Å². The molecule has 1 aliphatic rings. The number of hydrogen-bond acceptors (Lipinski definition) is 4. The zero-order chi connectivity index (χ0) is 18.0. The number of aromatic nitrogens is 2. The van der Waals surface area contributed by atoms with Crippen molar-refractivity contribution in [2.45, 2.75) is 38.9 Å². The summed E-state index contributed by atoms with van der Waals surface area (Å²) in [5.74, 6) is 0.460. The number of imidazole rings is 1. The molecule has 0 amide bonds. The van der Waals surface area contributed by atoms with Crippen LogP contribution in [0.15, 0.2) is 24.4 Å². The lowest BCUT2D eigenvalue weighted by molar-refractivity contribution is 0.400. The SMILES string of the molecule is CS(=O)(=O)N(Cc1cn2c(n1)CCCC2)Cc1ccc(F)cc1C#N. The van der Waals surface area contributed by atoms with Gasteiger partial charge < -0.3 is 4.57 Å². The van der Waals surface area contributed by atoms with Gasteiger partial charge in [-0.05, 0) is 30.5 Å². The van der Waals surface area contributed by atoms with Crippen molar-refractivity contribution in [1.82, 2.24) is 13.9 Å². The fraction of sp³-hybridized carbons (Fsp3) is 0.412. The third kappa shape index (κ3) is 4.06. The van der Waals surface area contributed by atoms with Gasteiger partial charge in [-0.25, -0.2) is 17.8 Å². The lowest BCUT2D eigenvalue weighted by Gasteiger charge is -2.19. The van der Waals surface area contributed by atoms with Gasteiger partial charge in [0.15, 0.2) is 0 Å². The van der Waals surface area contributed by atoms with E-state index in [1.54, 1.807) is 0 Å². The molecule has 25 heavy (non-hydrogen) atoms. The Morgan fingerprint density at radius 2 is 2.16 bits per heavy atom. The van der Waals surface area contributed by atoms with E-state index in [1.807, 2.05) is 12.3 Å². The molecule has 0 atom stereocenters. The maximum atomic E-state index is 13.3. The summed E-state index contributed by atoms with van der Waals surface area (Å²) in [6.07, 6.45) is 6.10. The van der Waals surface area contributed by atoms with Crippen LogP contribution < -0.4 is 0 Å². The highest BCUT2D eigenvalue weighted by Crippen LogP contribution is 2.19. The molecule has 0 spiro atoms. The second kappa shape index (κ2) is 6.94. The maximum Gasteiger partial charge on any atom is 0.211 e. The Balaban J connectivity index is 1.86. The first-order valence-electron chi connectivity index (χ1n) is 8.05. The summed E-state index contributed by atoms with van der Waals surface area (Å²) in [5, 5.41) is 9.16. The van der Waals surface area contributed by atoms with Crippen LogP contribution in [-0.4, -0.2) is 28.5 Å². The average Bonchev–Trinajstić information content (AvgIpc) is 2.97. The number of hydrogen-bond donors (Lipinski definition) is 0. The minimum absolute atomic E-state index is 0.00417. The minimum atomic E-state index is -3.52. The third-order valence-electron chi connectivity index (χ3n) is 4.30. The average molecular weight is 362 g/mol. The largest absolute Gasteiger partial charge is 0.335 e. The van der Waals surface area contributed by atoms with Crippen LogP contribution in [0.3, 0.4) is 0 Å². The first-order valence-corrected chi connectivity index (χ1v) is 9.90. The highest BCUT2D eigenvalue weighted by Gasteiger charge is 2.22. The van der Waals surface area contributed by atoms with Crippen LogP contribution >= 0.6 is 0 Å².